The van der Waals surface area contributed by atoms with Crippen molar-refractivity contribution in [2.24, 2.45) is 0 Å². The molecule has 0 amide bonds. The molecule has 0 aliphatic carbocycles. The third kappa shape index (κ3) is 7.75. The maximum absolute atomic E-state index is 12.1. The number of esters is 1. The van der Waals surface area contributed by atoms with Gasteiger partial charge in [0.05, 0.1) is 12.2 Å². The van der Waals surface area contributed by atoms with Crippen molar-refractivity contribution in [3.8, 4) is 0 Å². The average molecular weight is 343 g/mol. The zero-order chi connectivity index (χ0) is 17.7. The van der Waals surface area contributed by atoms with Gasteiger partial charge in [0.25, 0.3) is 0 Å². The van der Waals surface area contributed by atoms with Crippen LogP contribution in [0.1, 0.15) is 32.8 Å². The van der Waals surface area contributed by atoms with Gasteiger partial charge in [0, 0.05) is 0 Å². The molecule has 1 aromatic rings. The van der Waals surface area contributed by atoms with Crippen LogP contribution in [0.15, 0.2) is 30.3 Å². The lowest BCUT2D eigenvalue weighted by atomic mass is 10.2. The number of aliphatic carboxylic acids is 1. The van der Waals surface area contributed by atoms with Crippen molar-refractivity contribution < 1.29 is 27.9 Å². The summed E-state index contributed by atoms with van der Waals surface area (Å²) in [7, 11) is -3.91. The lowest BCUT2D eigenvalue weighted by Crippen LogP contribution is -2.43. The van der Waals surface area contributed by atoms with E-state index in [9.17, 15) is 18.0 Å². The number of carbonyl (C=O) groups excluding carboxylic acids is 1. The number of nitrogens with one attached hydrogen (secondary N) is 1. The first-order valence-electron chi connectivity index (χ1n) is 6.97. The summed E-state index contributed by atoms with van der Waals surface area (Å²) >= 11 is 0. The number of hydrogen-bond acceptors (Lipinski definition) is 5. The molecular weight excluding hydrogens is 322 g/mol. The van der Waals surface area contributed by atoms with Crippen molar-refractivity contribution in [1.29, 1.82) is 0 Å². The van der Waals surface area contributed by atoms with Crippen LogP contribution in [0.2, 0.25) is 0 Å². The standard InChI is InChI=1S/C15H21NO6S/c1-15(2,3)22-13(17)9-12(14(18)19)16-23(20,21)10-11-7-5-4-6-8-11/h4-8,12,16H,9-10H2,1-3H3,(H,18,19)/t12-/m0/s1. The summed E-state index contributed by atoms with van der Waals surface area (Å²) in [5.41, 5.74) is -0.260. The Morgan fingerprint density at radius 2 is 1.78 bits per heavy atom. The van der Waals surface area contributed by atoms with E-state index >= 15 is 0 Å². The summed E-state index contributed by atoms with van der Waals surface area (Å²) in [5.74, 6) is -2.59. The molecule has 8 heteroatoms. The van der Waals surface area contributed by atoms with E-state index in [4.69, 9.17) is 9.84 Å². The number of benzene rings is 1. The van der Waals surface area contributed by atoms with Crippen LogP contribution in [0.3, 0.4) is 0 Å². The predicted octanol–water partition coefficient (Wildman–Crippen LogP) is 1.29. The van der Waals surface area contributed by atoms with Gasteiger partial charge in [0.2, 0.25) is 10.0 Å². The Balaban J connectivity index is 2.75. The Bertz CT molecular complexity index is 648. The maximum Gasteiger partial charge on any atom is 0.322 e. The van der Waals surface area contributed by atoms with Crippen molar-refractivity contribution in [2.75, 3.05) is 0 Å². The highest BCUT2D eigenvalue weighted by Crippen LogP contribution is 2.11. The fraction of sp³-hybridized carbons (Fsp3) is 0.467. The van der Waals surface area contributed by atoms with Crippen molar-refractivity contribution >= 4 is 22.0 Å². The van der Waals surface area contributed by atoms with Crippen molar-refractivity contribution in [3.63, 3.8) is 0 Å². The smallest absolute Gasteiger partial charge is 0.322 e. The SMILES string of the molecule is CC(C)(C)OC(=O)C[C@H](NS(=O)(=O)Cc1ccccc1)C(=O)O. The van der Waals surface area contributed by atoms with E-state index in [0.717, 1.165) is 0 Å². The van der Waals surface area contributed by atoms with E-state index in [1.165, 1.54) is 0 Å². The molecule has 0 aliphatic heterocycles. The van der Waals surface area contributed by atoms with Crippen LogP contribution in [0.25, 0.3) is 0 Å². The zero-order valence-corrected chi connectivity index (χ0v) is 14.1. The van der Waals surface area contributed by atoms with Gasteiger partial charge < -0.3 is 9.84 Å². The molecule has 0 spiro atoms. The lowest BCUT2D eigenvalue weighted by molar-refractivity contribution is -0.158. The molecule has 128 valence electrons. The molecule has 0 heterocycles. The quantitative estimate of drug-likeness (QED) is 0.722. The van der Waals surface area contributed by atoms with Crippen molar-refractivity contribution in [3.05, 3.63) is 35.9 Å². The van der Waals surface area contributed by atoms with Crippen LogP contribution in [0.4, 0.5) is 0 Å². The summed E-state index contributed by atoms with van der Waals surface area (Å²) in [4.78, 5) is 22.9. The maximum atomic E-state index is 12.1. The Labute approximate surface area is 135 Å². The molecule has 0 radical (unpaired) electrons. The van der Waals surface area contributed by atoms with Gasteiger partial charge in [-0.2, -0.15) is 0 Å². The fourth-order valence-electron chi connectivity index (χ4n) is 1.78. The van der Waals surface area contributed by atoms with Crippen LogP contribution < -0.4 is 4.72 Å². The summed E-state index contributed by atoms with van der Waals surface area (Å²) in [6.07, 6.45) is -0.583. The molecule has 1 atom stereocenters. The van der Waals surface area contributed by atoms with E-state index in [1.54, 1.807) is 51.1 Å². The molecule has 23 heavy (non-hydrogen) atoms. The largest absolute Gasteiger partial charge is 0.480 e. The van der Waals surface area contributed by atoms with Crippen LogP contribution in [-0.2, 0) is 30.1 Å². The second-order valence-electron chi connectivity index (χ2n) is 6.04. The summed E-state index contributed by atoms with van der Waals surface area (Å²) in [5, 5.41) is 9.12. The molecule has 0 aromatic heterocycles. The van der Waals surface area contributed by atoms with Gasteiger partial charge in [0.15, 0.2) is 0 Å². The molecule has 0 saturated heterocycles. The lowest BCUT2D eigenvalue weighted by Gasteiger charge is -2.21. The van der Waals surface area contributed by atoms with Crippen LogP contribution in [-0.4, -0.2) is 37.1 Å². The molecular formula is C15H21NO6S. The highest BCUT2D eigenvalue weighted by molar-refractivity contribution is 7.88. The second-order valence-corrected chi connectivity index (χ2v) is 7.80. The Morgan fingerprint density at radius 1 is 1.22 bits per heavy atom. The number of carbonyl (C=O) groups is 2. The van der Waals surface area contributed by atoms with E-state index in [1.807, 2.05) is 4.72 Å². The Morgan fingerprint density at radius 3 is 2.26 bits per heavy atom. The minimum atomic E-state index is -3.91. The topological polar surface area (TPSA) is 110 Å². The second kappa shape index (κ2) is 7.56. The molecule has 0 fully saturated rings. The highest BCUT2D eigenvalue weighted by Gasteiger charge is 2.29. The molecule has 0 saturated carbocycles. The van der Waals surface area contributed by atoms with E-state index in [-0.39, 0.29) is 5.75 Å². The first-order valence-corrected chi connectivity index (χ1v) is 8.62. The summed E-state index contributed by atoms with van der Waals surface area (Å²) < 4.78 is 31.2. The molecule has 0 bridgehead atoms. The molecule has 0 aliphatic rings. The highest BCUT2D eigenvalue weighted by atomic mass is 32.2. The van der Waals surface area contributed by atoms with E-state index in [0.29, 0.717) is 5.56 Å². The number of carboxylic acid groups (broad SMARTS) is 1. The third-order valence-electron chi connectivity index (χ3n) is 2.61. The third-order valence-corrected chi connectivity index (χ3v) is 3.97. The van der Waals surface area contributed by atoms with Crippen LogP contribution in [0, 0.1) is 0 Å². The minimum absolute atomic E-state index is 0.369. The predicted molar refractivity (Wildman–Crippen MR) is 84.1 cm³/mol. The molecule has 1 aromatic carbocycles. The Kier molecular flexibility index (Phi) is 6.28. The van der Waals surface area contributed by atoms with Gasteiger partial charge in [-0.1, -0.05) is 30.3 Å². The van der Waals surface area contributed by atoms with Crippen LogP contribution >= 0.6 is 0 Å². The molecule has 2 N–H and O–H groups in total. The van der Waals surface area contributed by atoms with Gasteiger partial charge in [-0.05, 0) is 26.3 Å². The minimum Gasteiger partial charge on any atom is -0.480 e. The van der Waals surface area contributed by atoms with Gasteiger partial charge in [0.1, 0.15) is 11.6 Å². The fourth-order valence-corrected chi connectivity index (χ4v) is 3.11. The molecule has 1 rings (SSSR count). The first-order chi connectivity index (χ1) is 10.5. The number of ether oxygens (including phenoxy) is 1. The molecule has 7 nitrogen and oxygen atoms in total. The average Bonchev–Trinajstić information content (AvgIpc) is 2.35. The summed E-state index contributed by atoms with van der Waals surface area (Å²) in [6, 6.07) is 6.76. The van der Waals surface area contributed by atoms with Crippen molar-refractivity contribution in [1.82, 2.24) is 4.72 Å². The molecule has 0 unspecified atom stereocenters. The van der Waals surface area contributed by atoms with Gasteiger partial charge in [-0.25, -0.2) is 13.1 Å². The van der Waals surface area contributed by atoms with E-state index < -0.39 is 40.0 Å². The van der Waals surface area contributed by atoms with E-state index in [2.05, 4.69) is 0 Å². The number of sulfonamides is 1. The zero-order valence-electron chi connectivity index (χ0n) is 13.3. The number of rotatable bonds is 7. The summed E-state index contributed by atoms with van der Waals surface area (Å²) in [6.45, 7) is 4.92. The first kappa shape index (κ1) is 19.1. The number of hydrogen-bond donors (Lipinski definition) is 2. The van der Waals surface area contributed by atoms with Crippen LogP contribution in [0.5, 0.6) is 0 Å². The van der Waals surface area contributed by atoms with Crippen molar-refractivity contribution in [2.45, 2.75) is 44.6 Å². The number of carboxylic acids is 1. The van der Waals surface area contributed by atoms with Gasteiger partial charge in [-0.3, -0.25) is 9.59 Å². The normalized spacial score (nSPS) is 13.3. The van der Waals surface area contributed by atoms with Gasteiger partial charge >= 0.3 is 11.9 Å². The monoisotopic (exact) mass is 343 g/mol. The van der Waals surface area contributed by atoms with Gasteiger partial charge in [-0.15, -0.1) is 0 Å². The Hall–Kier alpha value is -1.93.